The van der Waals surface area contributed by atoms with Crippen LogP contribution in [0, 0.1) is 0 Å². The smallest absolute Gasteiger partial charge is 1.00 e. The molecule has 0 spiro atoms. The Labute approximate surface area is 106 Å². The van der Waals surface area contributed by atoms with Crippen molar-refractivity contribution in [3.63, 3.8) is 0 Å². The summed E-state index contributed by atoms with van der Waals surface area (Å²) in [6, 6.07) is 0. The molecule has 0 rings (SSSR count). The molecule has 50 valence electrons. The molecule has 0 aromatic heterocycles. The van der Waals surface area contributed by atoms with E-state index in [-0.39, 0.29) is 74.5 Å². The Balaban J connectivity index is -0.0000000408. The molecule has 0 aromatic rings. The zero-order valence-electron chi connectivity index (χ0n) is 8.16. The van der Waals surface area contributed by atoms with E-state index < -0.39 is 5.97 Å². The Hall–Kier alpha value is 0.740. The SMILES string of the molecule is NC(N)=NCC(=O)O.[H-].[H-].[Na+].[Na+]. The van der Waals surface area contributed by atoms with E-state index in [1.165, 1.54) is 0 Å². The number of rotatable bonds is 2. The number of guanidine groups is 1. The zero-order chi connectivity index (χ0) is 6.57. The maximum Gasteiger partial charge on any atom is 1.00 e. The maximum absolute atomic E-state index is 9.69. The first-order chi connectivity index (χ1) is 3.63. The van der Waals surface area contributed by atoms with Crippen LogP contribution >= 0.6 is 0 Å². The average molecular weight is 165 g/mol. The monoisotopic (exact) mass is 165 g/mol. The molecule has 0 bridgehead atoms. The minimum atomic E-state index is -1.04. The van der Waals surface area contributed by atoms with E-state index in [4.69, 9.17) is 16.6 Å². The summed E-state index contributed by atoms with van der Waals surface area (Å²) in [6.07, 6.45) is 0. The van der Waals surface area contributed by atoms with Crippen molar-refractivity contribution in [2.24, 2.45) is 16.5 Å². The van der Waals surface area contributed by atoms with Crippen LogP contribution in [0.2, 0.25) is 0 Å². The number of aliphatic imine (C=N–C) groups is 1. The minimum absolute atomic E-state index is 0. The summed E-state index contributed by atoms with van der Waals surface area (Å²) in [7, 11) is 0. The van der Waals surface area contributed by atoms with Gasteiger partial charge < -0.3 is 19.4 Å². The predicted molar refractivity (Wildman–Crippen MR) is 30.5 cm³/mol. The van der Waals surface area contributed by atoms with E-state index in [1.54, 1.807) is 0 Å². The number of carbonyl (C=O) groups is 1. The molecule has 0 heterocycles. The molecule has 0 saturated carbocycles. The number of aliphatic carboxylic acids is 1. The van der Waals surface area contributed by atoms with Crippen molar-refractivity contribution in [3.8, 4) is 0 Å². The number of nitrogens with two attached hydrogens (primary N) is 2. The van der Waals surface area contributed by atoms with Crippen molar-refractivity contribution in [1.29, 1.82) is 0 Å². The van der Waals surface area contributed by atoms with Gasteiger partial charge in [-0.25, -0.2) is 4.99 Å². The largest absolute Gasteiger partial charge is 1.00 e. The topological polar surface area (TPSA) is 102 Å². The Kier molecular flexibility index (Phi) is 16.6. The van der Waals surface area contributed by atoms with Crippen molar-refractivity contribution in [1.82, 2.24) is 0 Å². The Morgan fingerprint density at radius 1 is 1.50 bits per heavy atom. The van der Waals surface area contributed by atoms with Crippen LogP contribution in [0.5, 0.6) is 0 Å². The van der Waals surface area contributed by atoms with Gasteiger partial charge in [0.15, 0.2) is 5.96 Å². The molecule has 0 aliphatic heterocycles. The van der Waals surface area contributed by atoms with Crippen LogP contribution in [0.15, 0.2) is 4.99 Å². The van der Waals surface area contributed by atoms with Gasteiger partial charge in [-0.3, -0.25) is 4.79 Å². The van der Waals surface area contributed by atoms with Gasteiger partial charge >= 0.3 is 65.1 Å². The molecule has 0 atom stereocenters. The van der Waals surface area contributed by atoms with E-state index in [0.717, 1.165) is 0 Å². The second kappa shape index (κ2) is 9.74. The molecule has 5 nitrogen and oxygen atoms in total. The van der Waals surface area contributed by atoms with Gasteiger partial charge in [0, 0.05) is 0 Å². The van der Waals surface area contributed by atoms with E-state index in [9.17, 15) is 4.79 Å². The quantitative estimate of drug-likeness (QED) is 0.215. The molecule has 0 aliphatic carbocycles. The van der Waals surface area contributed by atoms with E-state index in [2.05, 4.69) is 4.99 Å². The van der Waals surface area contributed by atoms with E-state index in [1.807, 2.05) is 0 Å². The van der Waals surface area contributed by atoms with Crippen molar-refractivity contribution >= 4 is 11.9 Å². The third-order valence-corrected chi connectivity index (χ3v) is 0.397. The summed E-state index contributed by atoms with van der Waals surface area (Å²) >= 11 is 0. The van der Waals surface area contributed by atoms with Gasteiger partial charge in [-0.05, 0) is 0 Å². The molecule has 0 radical (unpaired) electrons. The van der Waals surface area contributed by atoms with Gasteiger partial charge in [0.2, 0.25) is 0 Å². The molecule has 5 N–H and O–H groups in total. The number of carboxylic acids is 1. The third-order valence-electron chi connectivity index (χ3n) is 0.397. The zero-order valence-corrected chi connectivity index (χ0v) is 10.2. The molecule has 10 heavy (non-hydrogen) atoms. The summed E-state index contributed by atoms with van der Waals surface area (Å²) in [6.45, 7) is -0.359. The summed E-state index contributed by atoms with van der Waals surface area (Å²) in [5.74, 6) is -1.24. The fraction of sp³-hybridized carbons (Fsp3) is 0.333. The van der Waals surface area contributed by atoms with Crippen molar-refractivity contribution in [3.05, 3.63) is 0 Å². The molecular formula is C3H9N3Na2O2. The molecule has 0 fully saturated rings. The predicted octanol–water partition coefficient (Wildman–Crippen LogP) is -7.42. The van der Waals surface area contributed by atoms with Gasteiger partial charge in [0.1, 0.15) is 6.54 Å². The van der Waals surface area contributed by atoms with Crippen LogP contribution in [0.1, 0.15) is 2.85 Å². The van der Waals surface area contributed by atoms with Crippen LogP contribution in [0.25, 0.3) is 0 Å². The molecule has 0 saturated heterocycles. The normalized spacial score (nSPS) is 6.40. The van der Waals surface area contributed by atoms with Gasteiger partial charge in [-0.15, -0.1) is 0 Å². The number of hydrogen-bond donors (Lipinski definition) is 3. The maximum atomic E-state index is 9.69. The molecule has 0 unspecified atom stereocenters. The van der Waals surface area contributed by atoms with Gasteiger partial charge in [-0.2, -0.15) is 0 Å². The number of hydrogen-bond acceptors (Lipinski definition) is 2. The molecule has 0 aromatic carbocycles. The van der Waals surface area contributed by atoms with Crippen molar-refractivity contribution in [2.75, 3.05) is 6.54 Å². The number of nitrogens with zero attached hydrogens (tertiary/aromatic N) is 1. The van der Waals surface area contributed by atoms with Crippen LogP contribution in [-0.2, 0) is 4.79 Å². The second-order valence-corrected chi connectivity index (χ2v) is 1.13. The fourth-order valence-electron chi connectivity index (χ4n) is 0.159. The summed E-state index contributed by atoms with van der Waals surface area (Å²) < 4.78 is 0. The second-order valence-electron chi connectivity index (χ2n) is 1.13. The molecule has 0 amide bonds. The Bertz CT molecular complexity index is 131. The van der Waals surface area contributed by atoms with Gasteiger partial charge in [0.25, 0.3) is 0 Å². The first-order valence-electron chi connectivity index (χ1n) is 1.90. The van der Waals surface area contributed by atoms with Crippen molar-refractivity contribution in [2.45, 2.75) is 0 Å². The van der Waals surface area contributed by atoms with Crippen molar-refractivity contribution < 1.29 is 71.9 Å². The Morgan fingerprint density at radius 2 is 1.90 bits per heavy atom. The summed E-state index contributed by atoms with van der Waals surface area (Å²) in [5.41, 5.74) is 9.61. The molecule has 7 heteroatoms. The first-order valence-corrected chi connectivity index (χ1v) is 1.90. The standard InChI is InChI=1S/C3H7N3O2.2Na.2H/c4-3(5)6-1-2(7)8;;;;/h1H2,(H,7,8)(H4,4,5,6);;;;/q;2*+1;2*-1. The van der Waals surface area contributed by atoms with Crippen LogP contribution < -0.4 is 70.6 Å². The first kappa shape index (κ1) is 17.0. The van der Waals surface area contributed by atoms with Crippen LogP contribution in [0.3, 0.4) is 0 Å². The molecular weight excluding hydrogens is 156 g/mol. The fourth-order valence-corrected chi connectivity index (χ4v) is 0.159. The summed E-state index contributed by atoms with van der Waals surface area (Å²) in [4.78, 5) is 12.9. The summed E-state index contributed by atoms with van der Waals surface area (Å²) in [5, 5.41) is 7.94. The third kappa shape index (κ3) is 15.9. The average Bonchev–Trinajstić information content (AvgIpc) is 1.61. The van der Waals surface area contributed by atoms with Crippen LogP contribution in [0.4, 0.5) is 0 Å². The van der Waals surface area contributed by atoms with E-state index >= 15 is 0 Å². The number of carboxylic acid groups (broad SMARTS) is 1. The minimum Gasteiger partial charge on any atom is -1.00 e. The van der Waals surface area contributed by atoms with Crippen LogP contribution in [-0.4, -0.2) is 23.6 Å². The van der Waals surface area contributed by atoms with Gasteiger partial charge in [0.05, 0.1) is 0 Å². The Morgan fingerprint density at radius 3 is 2.00 bits per heavy atom. The van der Waals surface area contributed by atoms with E-state index in [0.29, 0.717) is 0 Å². The molecule has 0 aliphatic rings. The van der Waals surface area contributed by atoms with Gasteiger partial charge in [-0.1, -0.05) is 0 Å².